The van der Waals surface area contributed by atoms with Crippen LogP contribution in [0.4, 0.5) is 0 Å². The summed E-state index contributed by atoms with van der Waals surface area (Å²) in [5.41, 5.74) is 0.767. The molecule has 0 aromatic heterocycles. The van der Waals surface area contributed by atoms with Gasteiger partial charge in [-0.25, -0.2) is 0 Å². The molecule has 0 bridgehead atoms. The van der Waals surface area contributed by atoms with Crippen molar-refractivity contribution in [3.05, 3.63) is 34.9 Å². The third kappa shape index (κ3) is 4.49. The lowest BCUT2D eigenvalue weighted by Gasteiger charge is -2.13. The van der Waals surface area contributed by atoms with Crippen LogP contribution in [-0.2, 0) is 4.74 Å². The molecule has 1 aromatic carbocycles. The number of methoxy groups -OCH3 is 1. The Morgan fingerprint density at radius 3 is 2.88 bits per heavy atom. The fraction of sp³-hybridized carbons (Fsp3) is 0.500. The van der Waals surface area contributed by atoms with Gasteiger partial charge < -0.3 is 15.2 Å². The second-order valence-corrected chi connectivity index (χ2v) is 3.99. The first kappa shape index (κ1) is 13.5. The summed E-state index contributed by atoms with van der Waals surface area (Å²) in [6, 6.07) is 7.34. The van der Waals surface area contributed by atoms with Crippen LogP contribution in [-0.4, -0.2) is 31.9 Å². The van der Waals surface area contributed by atoms with Crippen molar-refractivity contribution in [1.82, 2.24) is 5.32 Å². The van der Waals surface area contributed by atoms with Crippen LogP contribution in [0.3, 0.4) is 0 Å². The summed E-state index contributed by atoms with van der Waals surface area (Å²) in [5.74, 6) is 0. The molecule has 0 saturated carbocycles. The van der Waals surface area contributed by atoms with Gasteiger partial charge in [0.1, 0.15) is 0 Å². The highest BCUT2D eigenvalue weighted by atomic mass is 35.5. The highest BCUT2D eigenvalue weighted by molar-refractivity contribution is 6.31. The maximum atomic E-state index is 9.88. The fourth-order valence-electron chi connectivity index (χ4n) is 1.44. The van der Waals surface area contributed by atoms with E-state index in [2.05, 4.69) is 5.32 Å². The Morgan fingerprint density at radius 2 is 2.19 bits per heavy atom. The molecule has 1 aromatic rings. The molecule has 0 saturated heterocycles. The molecule has 1 atom stereocenters. The number of aliphatic hydroxyl groups excluding tert-OH is 1. The Bertz CT molecular complexity index is 307. The van der Waals surface area contributed by atoms with Gasteiger partial charge in [-0.1, -0.05) is 29.8 Å². The van der Waals surface area contributed by atoms with Gasteiger partial charge in [0.2, 0.25) is 0 Å². The molecule has 0 aliphatic rings. The molecule has 0 aliphatic carbocycles. The highest BCUT2D eigenvalue weighted by Crippen LogP contribution is 2.21. The normalized spacial score (nSPS) is 12.7. The average Bonchev–Trinajstić information content (AvgIpc) is 2.29. The van der Waals surface area contributed by atoms with E-state index in [9.17, 15) is 5.11 Å². The quantitative estimate of drug-likeness (QED) is 0.720. The van der Waals surface area contributed by atoms with Crippen molar-refractivity contribution in [1.29, 1.82) is 0 Å². The SMILES string of the molecule is COCCCNCC(O)c1ccccc1Cl. The van der Waals surface area contributed by atoms with E-state index in [0.717, 1.165) is 25.1 Å². The van der Waals surface area contributed by atoms with E-state index in [4.69, 9.17) is 16.3 Å². The minimum atomic E-state index is -0.559. The van der Waals surface area contributed by atoms with Gasteiger partial charge in [0.15, 0.2) is 0 Å². The second-order valence-electron chi connectivity index (χ2n) is 3.59. The molecule has 90 valence electrons. The summed E-state index contributed by atoms with van der Waals surface area (Å²) in [6.07, 6.45) is 0.377. The van der Waals surface area contributed by atoms with Gasteiger partial charge >= 0.3 is 0 Å². The van der Waals surface area contributed by atoms with Crippen LogP contribution in [0.1, 0.15) is 18.1 Å². The lowest BCUT2D eigenvalue weighted by Crippen LogP contribution is -2.23. The Labute approximate surface area is 101 Å². The molecular weight excluding hydrogens is 226 g/mol. The van der Waals surface area contributed by atoms with Crippen LogP contribution in [0.15, 0.2) is 24.3 Å². The molecule has 0 fully saturated rings. The van der Waals surface area contributed by atoms with Crippen LogP contribution in [0, 0.1) is 0 Å². The Hall–Kier alpha value is -0.610. The molecule has 0 radical (unpaired) electrons. The zero-order valence-corrected chi connectivity index (χ0v) is 10.2. The van der Waals surface area contributed by atoms with Crippen molar-refractivity contribution in [3.63, 3.8) is 0 Å². The molecule has 16 heavy (non-hydrogen) atoms. The van der Waals surface area contributed by atoms with E-state index in [-0.39, 0.29) is 0 Å². The Balaban J connectivity index is 2.30. The number of rotatable bonds is 7. The van der Waals surface area contributed by atoms with Gasteiger partial charge in [-0.3, -0.25) is 0 Å². The van der Waals surface area contributed by atoms with Crippen molar-refractivity contribution in [2.24, 2.45) is 0 Å². The van der Waals surface area contributed by atoms with Gasteiger partial charge in [0.05, 0.1) is 6.10 Å². The monoisotopic (exact) mass is 243 g/mol. The van der Waals surface area contributed by atoms with E-state index in [0.29, 0.717) is 11.6 Å². The lowest BCUT2D eigenvalue weighted by molar-refractivity contribution is 0.168. The maximum absolute atomic E-state index is 9.88. The van der Waals surface area contributed by atoms with E-state index in [1.807, 2.05) is 18.2 Å². The number of ether oxygens (including phenoxy) is 1. The zero-order valence-electron chi connectivity index (χ0n) is 9.45. The summed E-state index contributed by atoms with van der Waals surface area (Å²) in [5, 5.41) is 13.6. The minimum absolute atomic E-state index is 0.507. The predicted molar refractivity (Wildman–Crippen MR) is 65.8 cm³/mol. The molecule has 2 N–H and O–H groups in total. The molecular formula is C12H18ClNO2. The standard InChI is InChI=1S/C12H18ClNO2/c1-16-8-4-7-14-9-12(15)10-5-2-3-6-11(10)13/h2-3,5-6,12,14-15H,4,7-9H2,1H3. The van der Waals surface area contributed by atoms with Gasteiger partial charge in [0, 0.05) is 30.8 Å². The molecule has 0 aliphatic heterocycles. The van der Waals surface area contributed by atoms with Gasteiger partial charge in [-0.2, -0.15) is 0 Å². The smallest absolute Gasteiger partial charge is 0.0928 e. The van der Waals surface area contributed by atoms with E-state index >= 15 is 0 Å². The van der Waals surface area contributed by atoms with Crippen molar-refractivity contribution in [2.75, 3.05) is 26.8 Å². The van der Waals surface area contributed by atoms with E-state index in [1.165, 1.54) is 0 Å². The van der Waals surface area contributed by atoms with Crippen LogP contribution < -0.4 is 5.32 Å². The average molecular weight is 244 g/mol. The molecule has 3 nitrogen and oxygen atoms in total. The van der Waals surface area contributed by atoms with Gasteiger partial charge in [0.25, 0.3) is 0 Å². The first-order valence-electron chi connectivity index (χ1n) is 5.38. The second kappa shape index (κ2) is 7.63. The molecule has 0 heterocycles. The number of halogens is 1. The Morgan fingerprint density at radius 1 is 1.44 bits per heavy atom. The summed E-state index contributed by atoms with van der Waals surface area (Å²) >= 11 is 5.97. The third-order valence-corrected chi connectivity index (χ3v) is 2.65. The molecule has 4 heteroatoms. The van der Waals surface area contributed by atoms with Crippen molar-refractivity contribution >= 4 is 11.6 Å². The Kier molecular flexibility index (Phi) is 6.42. The number of nitrogens with one attached hydrogen (secondary N) is 1. The van der Waals surface area contributed by atoms with Crippen LogP contribution in [0.25, 0.3) is 0 Å². The summed E-state index contributed by atoms with van der Waals surface area (Å²) in [7, 11) is 1.68. The molecule has 1 unspecified atom stereocenters. The topological polar surface area (TPSA) is 41.5 Å². The van der Waals surface area contributed by atoms with E-state index in [1.54, 1.807) is 13.2 Å². The molecule has 1 rings (SSSR count). The van der Waals surface area contributed by atoms with Gasteiger partial charge in [-0.05, 0) is 19.0 Å². The number of hydrogen-bond donors (Lipinski definition) is 2. The third-order valence-electron chi connectivity index (χ3n) is 2.30. The van der Waals surface area contributed by atoms with Gasteiger partial charge in [-0.15, -0.1) is 0 Å². The maximum Gasteiger partial charge on any atom is 0.0928 e. The summed E-state index contributed by atoms with van der Waals surface area (Å²) in [4.78, 5) is 0. The fourth-order valence-corrected chi connectivity index (χ4v) is 1.70. The minimum Gasteiger partial charge on any atom is -0.387 e. The first-order valence-corrected chi connectivity index (χ1v) is 5.75. The summed E-state index contributed by atoms with van der Waals surface area (Å²) < 4.78 is 4.93. The summed E-state index contributed by atoms with van der Waals surface area (Å²) in [6.45, 7) is 2.07. The largest absolute Gasteiger partial charge is 0.387 e. The number of hydrogen-bond acceptors (Lipinski definition) is 3. The number of aliphatic hydroxyl groups is 1. The molecule has 0 spiro atoms. The van der Waals surface area contributed by atoms with E-state index < -0.39 is 6.10 Å². The first-order chi connectivity index (χ1) is 7.75. The van der Waals surface area contributed by atoms with Crippen LogP contribution >= 0.6 is 11.6 Å². The lowest BCUT2D eigenvalue weighted by atomic mass is 10.1. The van der Waals surface area contributed by atoms with Crippen LogP contribution in [0.2, 0.25) is 5.02 Å². The number of benzene rings is 1. The highest BCUT2D eigenvalue weighted by Gasteiger charge is 2.09. The van der Waals surface area contributed by atoms with Crippen molar-refractivity contribution in [2.45, 2.75) is 12.5 Å². The molecule has 0 amide bonds. The zero-order chi connectivity index (χ0) is 11.8. The van der Waals surface area contributed by atoms with Crippen molar-refractivity contribution < 1.29 is 9.84 Å². The van der Waals surface area contributed by atoms with Crippen LogP contribution in [0.5, 0.6) is 0 Å². The van der Waals surface area contributed by atoms with Crippen molar-refractivity contribution in [3.8, 4) is 0 Å². The predicted octanol–water partition coefficient (Wildman–Crippen LogP) is 2.00.